The van der Waals surface area contributed by atoms with Crippen molar-refractivity contribution >= 4 is 92.0 Å². The van der Waals surface area contributed by atoms with Crippen LogP contribution in [0.4, 0.5) is 0 Å². The zero-order valence-electron chi connectivity index (χ0n) is 16.6. The lowest BCUT2D eigenvalue weighted by atomic mass is 10.1. The number of amides is 1. The van der Waals surface area contributed by atoms with Crippen LogP contribution in [0.2, 0.25) is 10.0 Å². The Labute approximate surface area is 218 Å². The van der Waals surface area contributed by atoms with Crippen LogP contribution < -0.4 is 9.47 Å². The molecule has 1 aliphatic rings. The predicted octanol–water partition coefficient (Wildman–Crippen LogP) is 5.86. The Morgan fingerprint density at radius 1 is 1.31 bits per heavy atom. The minimum absolute atomic E-state index is 0.0399. The molecule has 1 aliphatic heterocycles. The van der Waals surface area contributed by atoms with Crippen molar-refractivity contribution in [1.82, 2.24) is 4.90 Å². The lowest BCUT2D eigenvalue weighted by Gasteiger charge is -2.14. The van der Waals surface area contributed by atoms with E-state index in [1.807, 2.05) is 6.07 Å². The Balaban J connectivity index is 1.81. The summed E-state index contributed by atoms with van der Waals surface area (Å²) in [5.41, 5.74) is 1.50. The number of halogens is 3. The molecule has 1 fully saturated rings. The van der Waals surface area contributed by atoms with E-state index in [1.54, 1.807) is 30.3 Å². The van der Waals surface area contributed by atoms with E-state index in [-0.39, 0.29) is 25.5 Å². The molecule has 11 heteroatoms. The van der Waals surface area contributed by atoms with Gasteiger partial charge in [-0.25, -0.2) is 0 Å². The molecule has 0 atom stereocenters. The minimum atomic E-state index is -0.988. The van der Waals surface area contributed by atoms with Crippen LogP contribution in [0.1, 0.15) is 17.5 Å². The van der Waals surface area contributed by atoms with Gasteiger partial charge in [-0.1, -0.05) is 53.2 Å². The summed E-state index contributed by atoms with van der Waals surface area (Å²) in [6.45, 7) is 0.266. The highest BCUT2D eigenvalue weighted by molar-refractivity contribution is 14.1. The van der Waals surface area contributed by atoms with E-state index in [4.69, 9.17) is 50.0 Å². The van der Waals surface area contributed by atoms with Crippen molar-refractivity contribution < 1.29 is 24.2 Å². The number of carbonyl (C=O) groups is 2. The number of hydrogen-bond acceptors (Lipinski definition) is 6. The monoisotopic (exact) mass is 623 g/mol. The molecule has 1 amide bonds. The third-order valence-electron chi connectivity index (χ3n) is 4.36. The number of thioether (sulfide) groups is 1. The van der Waals surface area contributed by atoms with Gasteiger partial charge in [-0.05, 0) is 58.5 Å². The van der Waals surface area contributed by atoms with Crippen LogP contribution in [0.5, 0.6) is 11.5 Å². The number of thiocarbonyl (C=S) groups is 1. The molecule has 1 N–H and O–H groups in total. The number of aliphatic carboxylic acids is 1. The largest absolute Gasteiger partial charge is 0.493 e. The maximum Gasteiger partial charge on any atom is 0.305 e. The van der Waals surface area contributed by atoms with E-state index in [0.717, 1.165) is 26.5 Å². The summed E-state index contributed by atoms with van der Waals surface area (Å²) >= 11 is 20.7. The van der Waals surface area contributed by atoms with Gasteiger partial charge in [0.05, 0.1) is 22.0 Å². The average Bonchev–Trinajstić information content (AvgIpc) is 2.99. The van der Waals surface area contributed by atoms with Crippen molar-refractivity contribution in [3.05, 3.63) is 60.0 Å². The summed E-state index contributed by atoms with van der Waals surface area (Å²) in [7, 11) is 1.53. The molecule has 32 heavy (non-hydrogen) atoms. The lowest BCUT2D eigenvalue weighted by Crippen LogP contribution is -2.30. The van der Waals surface area contributed by atoms with Gasteiger partial charge in [0.15, 0.2) is 11.5 Å². The smallest absolute Gasteiger partial charge is 0.305 e. The molecule has 0 radical (unpaired) electrons. The van der Waals surface area contributed by atoms with E-state index in [1.165, 1.54) is 12.0 Å². The summed E-state index contributed by atoms with van der Waals surface area (Å²) in [6.07, 6.45) is 1.53. The number of carboxylic acid groups (broad SMARTS) is 1. The summed E-state index contributed by atoms with van der Waals surface area (Å²) in [6, 6.07) is 8.80. The first-order valence-electron chi connectivity index (χ1n) is 9.11. The van der Waals surface area contributed by atoms with Gasteiger partial charge in [-0.15, -0.1) is 0 Å². The lowest BCUT2D eigenvalue weighted by molar-refractivity contribution is -0.137. The predicted molar refractivity (Wildman–Crippen MR) is 139 cm³/mol. The average molecular weight is 624 g/mol. The van der Waals surface area contributed by atoms with Gasteiger partial charge in [-0.3, -0.25) is 14.5 Å². The van der Waals surface area contributed by atoms with E-state index < -0.39 is 5.97 Å². The van der Waals surface area contributed by atoms with Crippen LogP contribution in [0.15, 0.2) is 35.2 Å². The molecular formula is C21H16Cl2INO5S2. The summed E-state index contributed by atoms with van der Waals surface area (Å²) in [4.78, 5) is 25.2. The number of ether oxygens (including phenoxy) is 2. The molecule has 2 aromatic rings. The van der Waals surface area contributed by atoms with Gasteiger partial charge in [0.2, 0.25) is 0 Å². The fraction of sp³-hybridized carbons (Fsp3) is 0.190. The van der Waals surface area contributed by atoms with Crippen LogP contribution in [0, 0.1) is 3.57 Å². The van der Waals surface area contributed by atoms with E-state index in [0.29, 0.717) is 30.8 Å². The third-order valence-corrected chi connectivity index (χ3v) is 7.13. The van der Waals surface area contributed by atoms with Gasteiger partial charge >= 0.3 is 5.97 Å². The van der Waals surface area contributed by atoms with Gasteiger partial charge in [0.25, 0.3) is 5.91 Å². The molecule has 0 bridgehead atoms. The SMILES string of the molecule is COc1cc(/C=C2/SC(=S)N(CCC(=O)O)C2=O)cc(I)c1OCc1ccc(Cl)cc1Cl. The van der Waals surface area contributed by atoms with E-state index in [9.17, 15) is 9.59 Å². The molecule has 6 nitrogen and oxygen atoms in total. The molecule has 3 rings (SSSR count). The summed E-state index contributed by atoms with van der Waals surface area (Å²) < 4.78 is 12.6. The molecule has 0 spiro atoms. The number of methoxy groups -OCH3 is 1. The normalized spacial score (nSPS) is 14.9. The molecule has 168 valence electrons. The maximum atomic E-state index is 12.6. The number of nitrogens with zero attached hydrogens (tertiary/aromatic N) is 1. The molecule has 0 aliphatic carbocycles. The second-order valence-corrected chi connectivity index (χ2v) is 10.2. The second-order valence-electron chi connectivity index (χ2n) is 6.54. The van der Waals surface area contributed by atoms with E-state index in [2.05, 4.69) is 22.6 Å². The van der Waals surface area contributed by atoms with Gasteiger partial charge in [-0.2, -0.15) is 0 Å². The summed E-state index contributed by atoms with van der Waals surface area (Å²) in [5, 5.41) is 9.92. The Bertz CT molecular complexity index is 1130. The zero-order chi connectivity index (χ0) is 23.4. The minimum Gasteiger partial charge on any atom is -0.493 e. The standard InChI is InChI=1S/C21H16Cl2INO5S2/c1-29-16-7-11(8-17-20(28)25(21(31)32-17)5-4-18(26)27)6-15(24)19(16)30-10-12-2-3-13(22)9-14(12)23/h2-3,6-9H,4-5,10H2,1H3,(H,26,27)/b17-8+. The fourth-order valence-electron chi connectivity index (χ4n) is 2.80. The zero-order valence-corrected chi connectivity index (χ0v) is 21.9. The van der Waals surface area contributed by atoms with Crippen LogP contribution in [0.25, 0.3) is 6.08 Å². The Hall–Kier alpha value is -1.53. The van der Waals surface area contributed by atoms with Crippen molar-refractivity contribution in [2.45, 2.75) is 13.0 Å². The number of rotatable bonds is 8. The highest BCUT2D eigenvalue weighted by Gasteiger charge is 2.32. The topological polar surface area (TPSA) is 76.1 Å². The Morgan fingerprint density at radius 2 is 2.06 bits per heavy atom. The second kappa shape index (κ2) is 11.1. The number of carboxylic acids is 1. The summed E-state index contributed by atoms with van der Waals surface area (Å²) in [5.74, 6) is -0.259. The quantitative estimate of drug-likeness (QED) is 0.224. The molecule has 1 heterocycles. The van der Waals surface area contributed by atoms with Crippen molar-refractivity contribution in [1.29, 1.82) is 0 Å². The van der Waals surface area contributed by atoms with Crippen LogP contribution in [-0.4, -0.2) is 39.9 Å². The fourth-order valence-corrected chi connectivity index (χ4v) is 5.36. The Kier molecular flexibility index (Phi) is 8.68. The molecule has 0 saturated carbocycles. The van der Waals surface area contributed by atoms with Gasteiger partial charge in [0.1, 0.15) is 10.9 Å². The molecular weight excluding hydrogens is 608 g/mol. The number of benzene rings is 2. The number of carbonyl (C=O) groups excluding carboxylic acids is 1. The van der Waals surface area contributed by atoms with Crippen LogP contribution >= 0.6 is 69.8 Å². The first-order valence-corrected chi connectivity index (χ1v) is 12.2. The van der Waals surface area contributed by atoms with E-state index >= 15 is 0 Å². The molecule has 2 aromatic carbocycles. The Morgan fingerprint density at radius 3 is 2.72 bits per heavy atom. The van der Waals surface area contributed by atoms with Gasteiger partial charge < -0.3 is 14.6 Å². The van der Waals surface area contributed by atoms with Crippen molar-refractivity contribution in [2.24, 2.45) is 0 Å². The highest BCUT2D eigenvalue weighted by Crippen LogP contribution is 2.38. The van der Waals surface area contributed by atoms with Crippen LogP contribution in [0.3, 0.4) is 0 Å². The van der Waals surface area contributed by atoms with Gasteiger partial charge in [0, 0.05) is 22.2 Å². The molecule has 0 unspecified atom stereocenters. The first kappa shape index (κ1) is 25.1. The third kappa shape index (κ3) is 6.07. The first-order chi connectivity index (χ1) is 15.2. The van der Waals surface area contributed by atoms with Crippen molar-refractivity contribution in [3.8, 4) is 11.5 Å². The molecule has 1 saturated heterocycles. The van der Waals surface area contributed by atoms with Crippen LogP contribution in [-0.2, 0) is 16.2 Å². The highest BCUT2D eigenvalue weighted by atomic mass is 127. The molecule has 0 aromatic heterocycles. The number of hydrogen-bond donors (Lipinski definition) is 1. The van der Waals surface area contributed by atoms with Crippen molar-refractivity contribution in [3.63, 3.8) is 0 Å². The van der Waals surface area contributed by atoms with Crippen molar-refractivity contribution in [2.75, 3.05) is 13.7 Å². The maximum absolute atomic E-state index is 12.6.